The van der Waals surface area contributed by atoms with Gasteiger partial charge in [-0.2, -0.15) is 12.6 Å². The second-order valence-corrected chi connectivity index (χ2v) is 22.1. The third-order valence-electron chi connectivity index (χ3n) is 11.6. The van der Waals surface area contributed by atoms with Gasteiger partial charge in [-0.1, -0.05) is 121 Å². The van der Waals surface area contributed by atoms with E-state index in [0.29, 0.717) is 52.0 Å². The molecule has 13 heteroatoms. The van der Waals surface area contributed by atoms with Gasteiger partial charge in [0.15, 0.2) is 28.5 Å². The molecular weight excluding hydrogens is 905 g/mol. The van der Waals surface area contributed by atoms with Gasteiger partial charge < -0.3 is 27.8 Å². The summed E-state index contributed by atoms with van der Waals surface area (Å²) in [5.74, 6) is 1.47. The van der Waals surface area contributed by atoms with Crippen molar-refractivity contribution in [3.63, 3.8) is 0 Å². The number of hydrogen-bond acceptors (Lipinski definition) is 11. The molecule has 67 heavy (non-hydrogen) atoms. The molecular formula is C54H66O10S3. The summed E-state index contributed by atoms with van der Waals surface area (Å²) in [6.07, 6.45) is 5.07. The Hall–Kier alpha value is -4.21. The van der Waals surface area contributed by atoms with Gasteiger partial charge in [-0.25, -0.2) is 0 Å². The fourth-order valence-corrected chi connectivity index (χ4v) is 9.85. The van der Waals surface area contributed by atoms with Crippen molar-refractivity contribution in [1.29, 1.82) is 0 Å². The smallest absolute Gasteiger partial charge is 0.200 e. The molecule has 10 nitrogen and oxygen atoms in total. The van der Waals surface area contributed by atoms with Gasteiger partial charge in [0.25, 0.3) is 0 Å². The van der Waals surface area contributed by atoms with Crippen LogP contribution in [0.25, 0.3) is 21.9 Å². The second kappa shape index (κ2) is 24.4. The summed E-state index contributed by atoms with van der Waals surface area (Å²) in [4.78, 5) is 25.9. The summed E-state index contributed by atoms with van der Waals surface area (Å²) >= 11 is 4.22. The van der Waals surface area contributed by atoms with Crippen LogP contribution in [0, 0.1) is 0 Å². The molecule has 0 saturated carbocycles. The third-order valence-corrected chi connectivity index (χ3v) is 14.6. The van der Waals surface area contributed by atoms with E-state index in [2.05, 4.69) is 90.6 Å². The molecule has 0 radical (unpaired) electrons. The average molecular weight is 971 g/mol. The summed E-state index contributed by atoms with van der Waals surface area (Å²) in [5, 5.41) is 1.34. The molecule has 360 valence electrons. The highest BCUT2D eigenvalue weighted by Gasteiger charge is 2.24. The SMILES string of the molecule is CC(C)(C)c1ccc(CS(=O)c2oc3ccccc3c(=O)c2COC2CCCCO2)cc1.CC(C)(C)c1ccc(CS)cc1.CCS(=O)c1oc2ccccc2c(=O)c1COC1CCCCO1. The largest absolute Gasteiger partial charge is 0.447 e. The van der Waals surface area contributed by atoms with E-state index < -0.39 is 21.6 Å². The molecule has 2 aliphatic rings. The van der Waals surface area contributed by atoms with E-state index in [4.69, 9.17) is 27.8 Å². The quantitative estimate of drug-likeness (QED) is 0.118. The first-order valence-corrected chi connectivity index (χ1v) is 26.5. The minimum atomic E-state index is -1.53. The van der Waals surface area contributed by atoms with Gasteiger partial charge in [0.2, 0.25) is 5.09 Å². The molecule has 4 unspecified atom stereocenters. The van der Waals surface area contributed by atoms with Crippen LogP contribution >= 0.6 is 12.6 Å². The number of hydrogen-bond donors (Lipinski definition) is 1. The number of thiol groups is 1. The fraction of sp³-hybridized carbons (Fsp3) is 0.444. The van der Waals surface area contributed by atoms with E-state index in [1.165, 1.54) is 16.7 Å². The molecule has 2 aliphatic heterocycles. The Kier molecular flexibility index (Phi) is 19.0. The van der Waals surface area contributed by atoms with Gasteiger partial charge in [-0.3, -0.25) is 18.0 Å². The van der Waals surface area contributed by atoms with Crippen molar-refractivity contribution >= 4 is 56.2 Å². The topological polar surface area (TPSA) is 131 Å². The Morgan fingerprint density at radius 2 is 1.00 bits per heavy atom. The van der Waals surface area contributed by atoms with E-state index in [-0.39, 0.29) is 63.4 Å². The zero-order chi connectivity index (χ0) is 48.1. The number of rotatable bonds is 12. The molecule has 8 rings (SSSR count). The van der Waals surface area contributed by atoms with Crippen LogP contribution in [0.15, 0.2) is 126 Å². The maximum atomic E-state index is 13.4. The van der Waals surface area contributed by atoms with Crippen molar-refractivity contribution in [1.82, 2.24) is 0 Å². The van der Waals surface area contributed by atoms with Crippen molar-refractivity contribution in [2.45, 2.75) is 145 Å². The maximum absolute atomic E-state index is 13.4. The molecule has 4 aromatic carbocycles. The molecule has 0 amide bonds. The second-order valence-electron chi connectivity index (χ2n) is 18.8. The number of para-hydroxylation sites is 2. The predicted octanol–water partition coefficient (Wildman–Crippen LogP) is 11.8. The summed E-state index contributed by atoms with van der Waals surface area (Å²) < 4.78 is 60.1. The highest BCUT2D eigenvalue weighted by molar-refractivity contribution is 7.85. The maximum Gasteiger partial charge on any atom is 0.200 e. The van der Waals surface area contributed by atoms with Crippen LogP contribution in [0.1, 0.15) is 120 Å². The Balaban J connectivity index is 0.000000184. The minimum absolute atomic E-state index is 0.0157. The van der Waals surface area contributed by atoms with E-state index in [9.17, 15) is 18.0 Å². The third kappa shape index (κ3) is 14.4. The molecule has 2 aromatic heterocycles. The van der Waals surface area contributed by atoms with Crippen LogP contribution in [0.2, 0.25) is 0 Å². The fourth-order valence-electron chi connectivity index (χ4n) is 7.53. The van der Waals surface area contributed by atoms with Crippen molar-refractivity contribution in [2.75, 3.05) is 19.0 Å². The Morgan fingerprint density at radius 3 is 1.39 bits per heavy atom. The molecule has 4 atom stereocenters. The zero-order valence-electron chi connectivity index (χ0n) is 39.9. The predicted molar refractivity (Wildman–Crippen MR) is 272 cm³/mol. The Morgan fingerprint density at radius 1 is 0.582 bits per heavy atom. The standard InChI is InChI=1S/C26H30O5S.C17H20O5S.C11H16S/c1-26(2,3)19-13-11-18(12-14-19)17-32(28)25-21(16-30-23-10-6-7-15-29-23)24(27)20-8-4-5-9-22(20)31-25;1-2-23(19)17-13(11-21-15-9-5-6-10-20-15)16(18)12-7-3-4-8-14(12)22-17;1-11(2,3)10-6-4-9(8-12)5-7-10/h4-5,8-9,11-14,23H,6-7,10,15-17H2,1-3H3;3-4,7-8,15H,2,5-6,9-11H2,1H3;4-7,12H,8H2,1-3H3. The van der Waals surface area contributed by atoms with Crippen LogP contribution in [-0.4, -0.2) is 40.0 Å². The van der Waals surface area contributed by atoms with Gasteiger partial charge in [0.1, 0.15) is 11.2 Å². The highest BCUT2D eigenvalue weighted by atomic mass is 32.2. The van der Waals surface area contributed by atoms with Crippen LogP contribution in [0.5, 0.6) is 0 Å². The molecule has 6 aromatic rings. The lowest BCUT2D eigenvalue weighted by atomic mass is 9.87. The van der Waals surface area contributed by atoms with Gasteiger partial charge in [0.05, 0.1) is 62.5 Å². The summed E-state index contributed by atoms with van der Waals surface area (Å²) in [6.45, 7) is 16.3. The number of benzene rings is 4. The lowest BCUT2D eigenvalue weighted by Crippen LogP contribution is -2.24. The number of fused-ring (bicyclic) bond motifs is 2. The van der Waals surface area contributed by atoms with E-state index in [1.807, 2.05) is 12.1 Å². The molecule has 0 bridgehead atoms. The van der Waals surface area contributed by atoms with Crippen molar-refractivity contribution in [3.8, 4) is 0 Å². The first-order valence-electron chi connectivity index (χ1n) is 23.2. The van der Waals surface area contributed by atoms with E-state index in [1.54, 1.807) is 55.5 Å². The normalized spacial score (nSPS) is 17.5. The van der Waals surface area contributed by atoms with Gasteiger partial charge >= 0.3 is 0 Å². The van der Waals surface area contributed by atoms with Crippen LogP contribution in [0.3, 0.4) is 0 Å². The van der Waals surface area contributed by atoms with Gasteiger partial charge in [-0.05, 0) is 95.9 Å². The Labute approximate surface area is 405 Å². The molecule has 0 aliphatic carbocycles. The molecule has 0 spiro atoms. The molecule has 2 saturated heterocycles. The summed E-state index contributed by atoms with van der Waals surface area (Å²) in [6, 6.07) is 30.8. The molecule has 4 heterocycles. The monoisotopic (exact) mass is 970 g/mol. The van der Waals surface area contributed by atoms with E-state index >= 15 is 0 Å². The van der Waals surface area contributed by atoms with Crippen molar-refractivity contribution in [3.05, 3.63) is 151 Å². The van der Waals surface area contributed by atoms with Crippen LogP contribution in [-0.2, 0) is 76.1 Å². The van der Waals surface area contributed by atoms with Gasteiger partial charge in [-0.15, -0.1) is 0 Å². The lowest BCUT2D eigenvalue weighted by molar-refractivity contribution is -0.169. The lowest BCUT2D eigenvalue weighted by Gasteiger charge is -2.23. The minimum Gasteiger partial charge on any atom is -0.447 e. The van der Waals surface area contributed by atoms with Crippen molar-refractivity contribution in [2.24, 2.45) is 0 Å². The van der Waals surface area contributed by atoms with Crippen molar-refractivity contribution < 1.29 is 36.2 Å². The summed E-state index contributed by atoms with van der Waals surface area (Å²) in [7, 11) is -2.90. The summed E-state index contributed by atoms with van der Waals surface area (Å²) in [5.41, 5.74) is 6.26. The number of ether oxygens (including phenoxy) is 4. The molecule has 0 N–H and O–H groups in total. The highest BCUT2D eigenvalue weighted by Crippen LogP contribution is 2.27. The Bertz CT molecular complexity index is 2700. The molecule has 2 fully saturated rings. The van der Waals surface area contributed by atoms with E-state index in [0.717, 1.165) is 49.8 Å². The van der Waals surface area contributed by atoms with Crippen LogP contribution in [0.4, 0.5) is 0 Å². The van der Waals surface area contributed by atoms with Crippen LogP contribution < -0.4 is 10.9 Å². The zero-order valence-corrected chi connectivity index (χ0v) is 42.5. The average Bonchev–Trinajstić information content (AvgIpc) is 3.33. The van der Waals surface area contributed by atoms with Gasteiger partial charge in [0, 0.05) is 24.7 Å². The first-order chi connectivity index (χ1) is 32.1. The first kappa shape index (κ1) is 52.2.